The topological polar surface area (TPSA) is 0 Å². The highest BCUT2D eigenvalue weighted by molar-refractivity contribution is 5.66. The first-order valence-electron chi connectivity index (χ1n) is 8.71. The summed E-state index contributed by atoms with van der Waals surface area (Å²) in [5.41, 5.74) is 7.29. The molecule has 0 spiro atoms. The molecular formula is C22H26. The molecule has 0 nitrogen and oxygen atoms in total. The lowest BCUT2D eigenvalue weighted by atomic mass is 9.92. The summed E-state index contributed by atoms with van der Waals surface area (Å²) in [6, 6.07) is 18.3. The average molecular weight is 290 g/mol. The third-order valence-electron chi connectivity index (χ3n) is 4.75. The Balaban J connectivity index is 1.59. The molecule has 2 aromatic carbocycles. The molecule has 3 rings (SSSR count). The molecule has 0 heteroatoms. The second-order valence-corrected chi connectivity index (χ2v) is 6.34. The highest BCUT2D eigenvalue weighted by Gasteiger charge is 2.06. The molecule has 0 amide bonds. The van der Waals surface area contributed by atoms with Crippen molar-refractivity contribution in [3.63, 3.8) is 0 Å². The first kappa shape index (κ1) is 15.1. The van der Waals surface area contributed by atoms with Crippen molar-refractivity contribution in [2.45, 2.75) is 51.9 Å². The van der Waals surface area contributed by atoms with Crippen molar-refractivity contribution < 1.29 is 0 Å². The van der Waals surface area contributed by atoms with Crippen LogP contribution in [0.25, 0.3) is 5.57 Å². The third kappa shape index (κ3) is 3.88. The minimum absolute atomic E-state index is 1.12. The van der Waals surface area contributed by atoms with Crippen molar-refractivity contribution in [3.05, 3.63) is 76.9 Å². The van der Waals surface area contributed by atoms with Crippen LogP contribution in [-0.4, -0.2) is 0 Å². The number of allylic oxidation sites excluding steroid dienone is 2. The van der Waals surface area contributed by atoms with Crippen molar-refractivity contribution in [2.75, 3.05) is 0 Å². The Labute approximate surface area is 134 Å². The second-order valence-electron chi connectivity index (χ2n) is 6.34. The van der Waals surface area contributed by atoms with Gasteiger partial charge in [-0.05, 0) is 72.8 Å². The number of benzene rings is 2. The normalized spacial score (nSPS) is 14.7. The molecule has 2 aromatic rings. The fourth-order valence-electron chi connectivity index (χ4n) is 3.22. The summed E-state index contributed by atoms with van der Waals surface area (Å²) < 4.78 is 0. The van der Waals surface area contributed by atoms with Gasteiger partial charge in [0.2, 0.25) is 0 Å². The van der Waals surface area contributed by atoms with E-state index in [1.54, 1.807) is 5.57 Å². The van der Waals surface area contributed by atoms with Crippen LogP contribution in [0.2, 0.25) is 0 Å². The quantitative estimate of drug-likeness (QED) is 0.634. The van der Waals surface area contributed by atoms with Gasteiger partial charge in [-0.1, -0.05) is 61.5 Å². The second kappa shape index (κ2) is 7.45. The van der Waals surface area contributed by atoms with Crippen molar-refractivity contribution in [1.29, 1.82) is 0 Å². The maximum Gasteiger partial charge on any atom is -0.0228 e. The van der Waals surface area contributed by atoms with E-state index in [-0.39, 0.29) is 0 Å². The van der Waals surface area contributed by atoms with E-state index in [1.807, 2.05) is 0 Å². The van der Waals surface area contributed by atoms with Gasteiger partial charge in [-0.15, -0.1) is 0 Å². The van der Waals surface area contributed by atoms with Crippen LogP contribution in [0.4, 0.5) is 0 Å². The zero-order valence-electron chi connectivity index (χ0n) is 13.6. The lowest BCUT2D eigenvalue weighted by molar-refractivity contribution is 0.742. The molecule has 0 N–H and O–H groups in total. The third-order valence-corrected chi connectivity index (χ3v) is 4.75. The zero-order valence-corrected chi connectivity index (χ0v) is 13.6. The Morgan fingerprint density at radius 3 is 1.86 bits per heavy atom. The van der Waals surface area contributed by atoms with Crippen LogP contribution in [0, 0.1) is 0 Å². The molecule has 0 bridgehead atoms. The average Bonchev–Trinajstić information content (AvgIpc) is 2.61. The number of rotatable bonds is 5. The van der Waals surface area contributed by atoms with Gasteiger partial charge in [0.05, 0.1) is 0 Å². The Hall–Kier alpha value is -1.82. The molecule has 1 aliphatic rings. The molecule has 0 saturated heterocycles. The Morgan fingerprint density at radius 2 is 1.32 bits per heavy atom. The molecule has 22 heavy (non-hydrogen) atoms. The monoisotopic (exact) mass is 290 g/mol. The Bertz CT molecular complexity index is 614. The standard InChI is InChI=1S/C22H26/c1-2-18-8-10-19(11-9-18)12-13-20-14-16-22(17-15-20)21-6-4-3-5-7-21/h6,8-11,14-17H,2-5,7,12-13H2,1H3. The first-order chi connectivity index (χ1) is 10.8. The van der Waals surface area contributed by atoms with Crippen molar-refractivity contribution in [2.24, 2.45) is 0 Å². The largest absolute Gasteiger partial charge is 0.0807 e. The van der Waals surface area contributed by atoms with Crippen LogP contribution < -0.4 is 0 Å². The van der Waals surface area contributed by atoms with E-state index in [2.05, 4.69) is 61.5 Å². The predicted molar refractivity (Wildman–Crippen MR) is 96.1 cm³/mol. The molecule has 0 heterocycles. The highest BCUT2D eigenvalue weighted by atomic mass is 14.1. The van der Waals surface area contributed by atoms with Crippen molar-refractivity contribution in [1.82, 2.24) is 0 Å². The van der Waals surface area contributed by atoms with Gasteiger partial charge >= 0.3 is 0 Å². The van der Waals surface area contributed by atoms with Gasteiger partial charge in [0.1, 0.15) is 0 Å². The van der Waals surface area contributed by atoms with Crippen LogP contribution >= 0.6 is 0 Å². The van der Waals surface area contributed by atoms with E-state index in [0.29, 0.717) is 0 Å². The molecule has 114 valence electrons. The fourth-order valence-corrected chi connectivity index (χ4v) is 3.22. The molecule has 1 aliphatic carbocycles. The highest BCUT2D eigenvalue weighted by Crippen LogP contribution is 2.26. The van der Waals surface area contributed by atoms with E-state index in [1.165, 1.54) is 47.9 Å². The van der Waals surface area contributed by atoms with Gasteiger partial charge in [-0.2, -0.15) is 0 Å². The van der Waals surface area contributed by atoms with Crippen LogP contribution in [0.1, 0.15) is 54.9 Å². The summed E-state index contributed by atoms with van der Waals surface area (Å²) in [5, 5.41) is 0. The van der Waals surface area contributed by atoms with Crippen molar-refractivity contribution >= 4 is 5.57 Å². The van der Waals surface area contributed by atoms with Crippen LogP contribution in [0.15, 0.2) is 54.6 Å². The Kier molecular flexibility index (Phi) is 5.11. The number of aryl methyl sites for hydroxylation is 3. The molecule has 0 saturated carbocycles. The summed E-state index contributed by atoms with van der Waals surface area (Å²) in [6.45, 7) is 2.21. The van der Waals surface area contributed by atoms with Crippen LogP contribution in [-0.2, 0) is 19.3 Å². The summed E-state index contributed by atoms with van der Waals surface area (Å²) in [5.74, 6) is 0. The van der Waals surface area contributed by atoms with Gasteiger partial charge in [0.15, 0.2) is 0 Å². The fraction of sp³-hybridized carbons (Fsp3) is 0.364. The lowest BCUT2D eigenvalue weighted by Crippen LogP contribution is -1.94. The van der Waals surface area contributed by atoms with Gasteiger partial charge < -0.3 is 0 Å². The Morgan fingerprint density at radius 1 is 0.727 bits per heavy atom. The van der Waals surface area contributed by atoms with E-state index in [0.717, 1.165) is 19.3 Å². The molecule has 0 unspecified atom stereocenters. The van der Waals surface area contributed by atoms with E-state index in [9.17, 15) is 0 Å². The smallest absolute Gasteiger partial charge is 0.0228 e. The zero-order chi connectivity index (χ0) is 15.2. The molecule has 0 fully saturated rings. The molecule has 0 atom stereocenters. The summed E-state index contributed by atoms with van der Waals surface area (Å²) in [7, 11) is 0. The summed E-state index contributed by atoms with van der Waals surface area (Å²) >= 11 is 0. The van der Waals surface area contributed by atoms with Gasteiger partial charge in [-0.3, -0.25) is 0 Å². The number of hydrogen-bond acceptors (Lipinski definition) is 0. The lowest BCUT2D eigenvalue weighted by Gasteiger charge is -2.13. The maximum atomic E-state index is 2.42. The minimum atomic E-state index is 1.12. The summed E-state index contributed by atoms with van der Waals surface area (Å²) in [4.78, 5) is 0. The van der Waals surface area contributed by atoms with Crippen LogP contribution in [0.5, 0.6) is 0 Å². The van der Waals surface area contributed by atoms with Gasteiger partial charge in [0, 0.05) is 0 Å². The van der Waals surface area contributed by atoms with Gasteiger partial charge in [0.25, 0.3) is 0 Å². The SMILES string of the molecule is CCc1ccc(CCc2ccc(C3=CCCCC3)cc2)cc1. The van der Waals surface area contributed by atoms with Gasteiger partial charge in [-0.25, -0.2) is 0 Å². The molecular weight excluding hydrogens is 264 g/mol. The van der Waals surface area contributed by atoms with Crippen LogP contribution in [0.3, 0.4) is 0 Å². The number of hydrogen-bond donors (Lipinski definition) is 0. The molecule has 0 aromatic heterocycles. The van der Waals surface area contributed by atoms with E-state index >= 15 is 0 Å². The van der Waals surface area contributed by atoms with E-state index in [4.69, 9.17) is 0 Å². The molecule has 0 aliphatic heterocycles. The van der Waals surface area contributed by atoms with E-state index < -0.39 is 0 Å². The first-order valence-corrected chi connectivity index (χ1v) is 8.71. The minimum Gasteiger partial charge on any atom is -0.0807 e. The summed E-state index contributed by atoms with van der Waals surface area (Å²) in [6.07, 6.45) is 11.0. The van der Waals surface area contributed by atoms with Crippen molar-refractivity contribution in [3.8, 4) is 0 Å². The maximum absolute atomic E-state index is 2.42. The predicted octanol–water partition coefficient (Wildman–Crippen LogP) is 5.99. The molecule has 0 radical (unpaired) electrons.